The molecule has 122 valence electrons. The van der Waals surface area contributed by atoms with E-state index in [1.807, 2.05) is 20.8 Å². The first-order valence-corrected chi connectivity index (χ1v) is 6.92. The van der Waals surface area contributed by atoms with Gasteiger partial charge in [0.15, 0.2) is 5.78 Å². The minimum atomic E-state index is -4.69. The number of carbonyl (C=O) groups is 2. The van der Waals surface area contributed by atoms with Gasteiger partial charge in [-0.25, -0.2) is 0 Å². The highest BCUT2D eigenvalue weighted by molar-refractivity contribution is 6.34. The largest absolute Gasteiger partial charge is 0.417 e. The second-order valence-electron chi connectivity index (χ2n) is 6.15. The standard InChI is InChI=1S/C15H17ClF3NO2/c1-14(2,3)8-20(9-21)7-12(22)13-10(15(17,18)19)5-4-6-11(13)16/h4-6,9H,7-8H2,1-3H3. The number of hydrogen-bond donors (Lipinski definition) is 0. The van der Waals surface area contributed by atoms with Crippen molar-refractivity contribution in [3.05, 3.63) is 34.3 Å². The third kappa shape index (κ3) is 5.02. The molecule has 1 aromatic carbocycles. The molecule has 0 fully saturated rings. The minimum absolute atomic E-state index is 0.244. The van der Waals surface area contributed by atoms with Gasteiger partial charge in [0.2, 0.25) is 6.41 Å². The van der Waals surface area contributed by atoms with Gasteiger partial charge < -0.3 is 4.90 Å². The smallest absolute Gasteiger partial charge is 0.337 e. The number of hydrogen-bond acceptors (Lipinski definition) is 2. The molecule has 0 radical (unpaired) electrons. The molecular formula is C15H17ClF3NO2. The highest BCUT2D eigenvalue weighted by Crippen LogP contribution is 2.35. The van der Waals surface area contributed by atoms with Crippen molar-refractivity contribution in [3.8, 4) is 0 Å². The van der Waals surface area contributed by atoms with Gasteiger partial charge in [0.1, 0.15) is 0 Å². The van der Waals surface area contributed by atoms with Crippen molar-refractivity contribution in [2.24, 2.45) is 5.41 Å². The summed E-state index contributed by atoms with van der Waals surface area (Å²) in [6.07, 6.45) is -4.24. The Labute approximate surface area is 132 Å². The molecule has 0 atom stereocenters. The molecule has 0 saturated carbocycles. The lowest BCUT2D eigenvalue weighted by molar-refractivity contribution is -0.137. The maximum Gasteiger partial charge on any atom is 0.417 e. The summed E-state index contributed by atoms with van der Waals surface area (Å²) in [7, 11) is 0. The molecule has 0 bridgehead atoms. The van der Waals surface area contributed by atoms with Gasteiger partial charge in [-0.1, -0.05) is 38.4 Å². The maximum absolute atomic E-state index is 13.0. The van der Waals surface area contributed by atoms with Crippen molar-refractivity contribution >= 4 is 23.8 Å². The Morgan fingerprint density at radius 1 is 1.27 bits per heavy atom. The Morgan fingerprint density at radius 2 is 1.86 bits per heavy atom. The van der Waals surface area contributed by atoms with Gasteiger partial charge in [-0.05, 0) is 17.5 Å². The minimum Gasteiger partial charge on any atom is -0.337 e. The summed E-state index contributed by atoms with van der Waals surface area (Å²) in [6.45, 7) is 5.35. The van der Waals surface area contributed by atoms with Crippen LogP contribution in [0.15, 0.2) is 18.2 Å². The number of halogens is 4. The maximum atomic E-state index is 13.0. The quantitative estimate of drug-likeness (QED) is 0.601. The van der Waals surface area contributed by atoms with Crippen LogP contribution in [-0.4, -0.2) is 30.2 Å². The van der Waals surface area contributed by atoms with Crippen molar-refractivity contribution in [1.82, 2.24) is 4.90 Å². The number of benzene rings is 1. The number of alkyl halides is 3. The topological polar surface area (TPSA) is 37.4 Å². The molecule has 3 nitrogen and oxygen atoms in total. The van der Waals surface area contributed by atoms with E-state index in [-0.39, 0.29) is 17.0 Å². The van der Waals surface area contributed by atoms with E-state index in [0.717, 1.165) is 17.0 Å². The fraction of sp³-hybridized carbons (Fsp3) is 0.467. The first-order valence-electron chi connectivity index (χ1n) is 6.54. The van der Waals surface area contributed by atoms with Crippen LogP contribution in [0.3, 0.4) is 0 Å². The van der Waals surface area contributed by atoms with E-state index in [9.17, 15) is 22.8 Å². The molecular weight excluding hydrogens is 319 g/mol. The SMILES string of the molecule is CC(C)(C)CN(C=O)CC(=O)c1c(Cl)cccc1C(F)(F)F. The first-order chi connectivity index (χ1) is 9.95. The molecule has 0 unspecified atom stereocenters. The lowest BCUT2D eigenvalue weighted by Gasteiger charge is -2.26. The van der Waals surface area contributed by atoms with E-state index in [4.69, 9.17) is 11.6 Å². The second kappa shape index (κ2) is 6.69. The molecule has 0 heterocycles. The van der Waals surface area contributed by atoms with Crippen LogP contribution in [0.4, 0.5) is 13.2 Å². The van der Waals surface area contributed by atoms with Crippen LogP contribution in [0.25, 0.3) is 0 Å². The van der Waals surface area contributed by atoms with Crippen LogP contribution in [0.5, 0.6) is 0 Å². The normalized spacial score (nSPS) is 12.1. The summed E-state index contributed by atoms with van der Waals surface area (Å²) in [5.74, 6) is -0.839. The number of ketones is 1. The average Bonchev–Trinajstić information content (AvgIpc) is 2.34. The molecule has 1 amide bonds. The predicted octanol–water partition coefficient (Wildman–Crippen LogP) is 4.05. The monoisotopic (exact) mass is 335 g/mol. The van der Waals surface area contributed by atoms with Gasteiger partial charge in [-0.2, -0.15) is 13.2 Å². The van der Waals surface area contributed by atoms with Crippen molar-refractivity contribution in [1.29, 1.82) is 0 Å². The van der Waals surface area contributed by atoms with Crippen molar-refractivity contribution < 1.29 is 22.8 Å². The number of carbonyl (C=O) groups excluding carboxylic acids is 2. The zero-order valence-corrected chi connectivity index (χ0v) is 13.3. The molecule has 0 aromatic heterocycles. The van der Waals surface area contributed by atoms with Gasteiger partial charge in [0.05, 0.1) is 22.7 Å². The van der Waals surface area contributed by atoms with Gasteiger partial charge in [-0.3, -0.25) is 9.59 Å². The van der Waals surface area contributed by atoms with Crippen molar-refractivity contribution in [2.75, 3.05) is 13.1 Å². The van der Waals surface area contributed by atoms with Crippen molar-refractivity contribution in [3.63, 3.8) is 0 Å². The Morgan fingerprint density at radius 3 is 2.32 bits per heavy atom. The number of amides is 1. The summed E-state index contributed by atoms with van der Waals surface area (Å²) in [6, 6.07) is 3.15. The summed E-state index contributed by atoms with van der Waals surface area (Å²) in [4.78, 5) is 24.4. The molecule has 22 heavy (non-hydrogen) atoms. The number of rotatable bonds is 5. The van der Waals surface area contributed by atoms with Gasteiger partial charge in [0, 0.05) is 6.54 Å². The summed E-state index contributed by atoms with van der Waals surface area (Å²) >= 11 is 5.76. The van der Waals surface area contributed by atoms with Crippen LogP contribution in [-0.2, 0) is 11.0 Å². The zero-order valence-electron chi connectivity index (χ0n) is 12.5. The van der Waals surface area contributed by atoms with E-state index in [0.29, 0.717) is 6.41 Å². The van der Waals surface area contributed by atoms with Crippen LogP contribution < -0.4 is 0 Å². The highest BCUT2D eigenvalue weighted by Gasteiger charge is 2.36. The van der Waals surface area contributed by atoms with E-state index in [1.54, 1.807) is 0 Å². The second-order valence-corrected chi connectivity index (χ2v) is 6.56. The van der Waals surface area contributed by atoms with Gasteiger partial charge in [-0.15, -0.1) is 0 Å². The Balaban J connectivity index is 3.11. The summed E-state index contributed by atoms with van der Waals surface area (Å²) < 4.78 is 39.0. The molecule has 0 aliphatic carbocycles. The predicted molar refractivity (Wildman–Crippen MR) is 77.9 cm³/mol. The Bertz CT molecular complexity index is 565. The van der Waals surface area contributed by atoms with E-state index < -0.39 is 29.6 Å². The third-order valence-corrected chi connectivity index (χ3v) is 3.09. The average molecular weight is 336 g/mol. The molecule has 0 aliphatic heterocycles. The van der Waals surface area contributed by atoms with Crippen LogP contribution in [0, 0.1) is 5.41 Å². The molecule has 0 saturated heterocycles. The molecule has 0 N–H and O–H groups in total. The number of nitrogens with zero attached hydrogens (tertiary/aromatic N) is 1. The molecule has 0 aliphatic rings. The van der Waals surface area contributed by atoms with Gasteiger partial charge in [0.25, 0.3) is 0 Å². The zero-order chi connectivity index (χ0) is 17.1. The lowest BCUT2D eigenvalue weighted by Crippen LogP contribution is -2.36. The molecule has 1 aromatic rings. The van der Waals surface area contributed by atoms with E-state index in [1.165, 1.54) is 6.07 Å². The summed E-state index contributed by atoms with van der Waals surface area (Å²) in [5.41, 5.74) is -1.97. The van der Waals surface area contributed by atoms with E-state index >= 15 is 0 Å². The molecule has 1 rings (SSSR count). The Kier molecular flexibility index (Phi) is 5.62. The van der Waals surface area contributed by atoms with Crippen LogP contribution >= 0.6 is 11.6 Å². The highest BCUT2D eigenvalue weighted by atomic mass is 35.5. The van der Waals surface area contributed by atoms with E-state index in [2.05, 4.69) is 0 Å². The summed E-state index contributed by atoms with van der Waals surface area (Å²) in [5, 5.41) is -0.276. The third-order valence-electron chi connectivity index (χ3n) is 2.77. The lowest BCUT2D eigenvalue weighted by atomic mass is 9.95. The van der Waals surface area contributed by atoms with Crippen LogP contribution in [0.1, 0.15) is 36.7 Å². The van der Waals surface area contributed by atoms with Crippen molar-refractivity contribution in [2.45, 2.75) is 26.9 Å². The molecule has 0 spiro atoms. The Hall–Kier alpha value is -1.56. The molecule has 7 heteroatoms. The number of Topliss-reactive ketones (excluding diaryl/α,β-unsaturated/α-hetero) is 1. The fourth-order valence-corrected chi connectivity index (χ4v) is 2.33. The van der Waals surface area contributed by atoms with Crippen LogP contribution in [0.2, 0.25) is 5.02 Å². The first kappa shape index (κ1) is 18.5. The van der Waals surface area contributed by atoms with Gasteiger partial charge >= 0.3 is 6.18 Å². The fourth-order valence-electron chi connectivity index (χ4n) is 2.05.